The van der Waals surface area contributed by atoms with Gasteiger partial charge in [-0.25, -0.2) is 9.89 Å². The molecule has 4 N–H and O–H groups in total. The summed E-state index contributed by atoms with van der Waals surface area (Å²) in [7, 11) is 1.69. The molecule has 0 radical (unpaired) electrons. The van der Waals surface area contributed by atoms with Gasteiger partial charge in [-0.1, -0.05) is 11.8 Å². The molecule has 0 aliphatic heterocycles. The van der Waals surface area contributed by atoms with E-state index in [9.17, 15) is 9.59 Å². The largest absolute Gasteiger partial charge is 0.368 e. The summed E-state index contributed by atoms with van der Waals surface area (Å²) in [6.45, 7) is 0. The van der Waals surface area contributed by atoms with E-state index in [1.807, 2.05) is 0 Å². The molecule has 110 valence electrons. The number of hydrogen-bond acceptors (Lipinski definition) is 5. The van der Waals surface area contributed by atoms with Crippen LogP contribution in [0.5, 0.6) is 0 Å². The number of aromatic nitrogens is 3. The fourth-order valence-electron chi connectivity index (χ4n) is 2.73. The van der Waals surface area contributed by atoms with Gasteiger partial charge < -0.3 is 11.1 Å². The Labute approximate surface area is 120 Å². The number of rotatable bonds is 5. The van der Waals surface area contributed by atoms with E-state index in [0.29, 0.717) is 17.6 Å². The van der Waals surface area contributed by atoms with Crippen molar-refractivity contribution in [3.63, 3.8) is 0 Å². The zero-order chi connectivity index (χ0) is 14.3. The smallest absolute Gasteiger partial charge is 0.343 e. The molecule has 2 aliphatic rings. The third-order valence-electron chi connectivity index (χ3n) is 4.11. The van der Waals surface area contributed by atoms with E-state index in [-0.39, 0.29) is 16.8 Å². The van der Waals surface area contributed by atoms with Crippen LogP contribution in [0.25, 0.3) is 0 Å². The van der Waals surface area contributed by atoms with E-state index in [2.05, 4.69) is 15.5 Å². The first-order valence-corrected chi connectivity index (χ1v) is 7.74. The Balaban J connectivity index is 1.69. The number of hydrogen-bond donors (Lipinski definition) is 3. The number of aromatic amines is 1. The molecule has 2 saturated carbocycles. The SMILES string of the molecule is Cn1c(SC2CCC(NC3CC3)(C(N)=O)C2)n[nH]c1=O. The molecule has 1 amide bonds. The quantitative estimate of drug-likeness (QED) is 0.693. The van der Waals surface area contributed by atoms with Crippen LogP contribution in [0.1, 0.15) is 32.1 Å². The fraction of sp³-hybridized carbons (Fsp3) is 0.750. The summed E-state index contributed by atoms with van der Waals surface area (Å²) in [5, 5.41) is 10.8. The van der Waals surface area contributed by atoms with Gasteiger partial charge in [0.1, 0.15) is 0 Å². The first-order chi connectivity index (χ1) is 9.50. The predicted octanol–water partition coefficient (Wildman–Crippen LogP) is -0.271. The standard InChI is InChI=1S/C12H19N5O2S/c1-17-10(19)15-16-11(17)20-8-4-5-12(6-8,9(13)18)14-7-2-3-7/h7-8,14H,2-6H2,1H3,(H2,13,18)(H,15,19). The number of carbonyl (C=O) groups excluding carboxylic acids is 1. The van der Waals surface area contributed by atoms with Crippen LogP contribution in [0.3, 0.4) is 0 Å². The minimum absolute atomic E-state index is 0.220. The summed E-state index contributed by atoms with van der Waals surface area (Å²) in [6.07, 6.45) is 4.61. The summed E-state index contributed by atoms with van der Waals surface area (Å²) in [5.74, 6) is -0.261. The summed E-state index contributed by atoms with van der Waals surface area (Å²) in [4.78, 5) is 23.2. The van der Waals surface area contributed by atoms with Crippen LogP contribution in [0, 0.1) is 0 Å². The molecule has 1 aromatic rings. The molecule has 2 fully saturated rings. The number of thioether (sulfide) groups is 1. The van der Waals surface area contributed by atoms with Crippen molar-refractivity contribution < 1.29 is 4.79 Å². The Morgan fingerprint density at radius 3 is 2.85 bits per heavy atom. The Kier molecular flexibility index (Phi) is 3.37. The summed E-state index contributed by atoms with van der Waals surface area (Å²) < 4.78 is 1.49. The Morgan fingerprint density at radius 1 is 1.55 bits per heavy atom. The second-order valence-electron chi connectivity index (χ2n) is 5.72. The zero-order valence-electron chi connectivity index (χ0n) is 11.4. The fourth-order valence-corrected chi connectivity index (χ4v) is 3.97. The molecule has 0 spiro atoms. The number of amides is 1. The van der Waals surface area contributed by atoms with E-state index in [1.54, 1.807) is 7.05 Å². The van der Waals surface area contributed by atoms with Crippen molar-refractivity contribution in [2.24, 2.45) is 12.8 Å². The first kappa shape index (κ1) is 13.7. The lowest BCUT2D eigenvalue weighted by molar-refractivity contribution is -0.124. The molecule has 0 saturated heterocycles. The van der Waals surface area contributed by atoms with Crippen molar-refractivity contribution in [1.82, 2.24) is 20.1 Å². The van der Waals surface area contributed by atoms with Crippen LogP contribution in [0.2, 0.25) is 0 Å². The highest BCUT2D eigenvalue weighted by molar-refractivity contribution is 7.99. The Bertz CT molecular complexity index is 579. The van der Waals surface area contributed by atoms with Crippen molar-refractivity contribution in [2.45, 2.75) is 54.1 Å². The van der Waals surface area contributed by atoms with Gasteiger partial charge in [-0.05, 0) is 32.1 Å². The topological polar surface area (TPSA) is 106 Å². The molecule has 2 aliphatic carbocycles. The van der Waals surface area contributed by atoms with Gasteiger partial charge in [-0.15, -0.1) is 5.10 Å². The number of carbonyl (C=O) groups is 1. The maximum absolute atomic E-state index is 11.8. The summed E-state index contributed by atoms with van der Waals surface area (Å²) >= 11 is 1.54. The Morgan fingerprint density at radius 2 is 2.30 bits per heavy atom. The lowest BCUT2D eigenvalue weighted by atomic mass is 9.96. The monoisotopic (exact) mass is 297 g/mol. The molecule has 1 heterocycles. The van der Waals surface area contributed by atoms with Gasteiger partial charge >= 0.3 is 5.69 Å². The number of nitrogens with zero attached hydrogens (tertiary/aromatic N) is 2. The number of nitrogens with two attached hydrogens (primary N) is 1. The van der Waals surface area contributed by atoms with Gasteiger partial charge in [0.25, 0.3) is 0 Å². The molecular weight excluding hydrogens is 278 g/mol. The van der Waals surface area contributed by atoms with Gasteiger partial charge in [-0.3, -0.25) is 9.36 Å². The first-order valence-electron chi connectivity index (χ1n) is 6.86. The molecular formula is C12H19N5O2S. The van der Waals surface area contributed by atoms with Gasteiger partial charge in [-0.2, -0.15) is 0 Å². The predicted molar refractivity (Wildman–Crippen MR) is 75.4 cm³/mol. The minimum Gasteiger partial charge on any atom is -0.368 e. The highest BCUT2D eigenvalue weighted by Crippen LogP contribution is 2.41. The van der Waals surface area contributed by atoms with Crippen molar-refractivity contribution in [3.8, 4) is 0 Å². The second-order valence-corrected chi connectivity index (χ2v) is 6.99. The molecule has 3 rings (SSSR count). The summed E-state index contributed by atoms with van der Waals surface area (Å²) in [6, 6.07) is 0.445. The molecule has 0 aromatic carbocycles. The summed E-state index contributed by atoms with van der Waals surface area (Å²) in [5.41, 5.74) is 4.82. The maximum atomic E-state index is 11.8. The van der Waals surface area contributed by atoms with E-state index in [0.717, 1.165) is 25.7 Å². The van der Waals surface area contributed by atoms with E-state index in [4.69, 9.17) is 5.73 Å². The molecule has 0 bridgehead atoms. The van der Waals surface area contributed by atoms with Crippen LogP contribution in [-0.4, -0.2) is 37.5 Å². The lowest BCUT2D eigenvalue weighted by Crippen LogP contribution is -2.54. The van der Waals surface area contributed by atoms with Crippen LogP contribution >= 0.6 is 11.8 Å². The normalized spacial score (nSPS) is 29.8. The van der Waals surface area contributed by atoms with E-state index in [1.165, 1.54) is 16.3 Å². The highest BCUT2D eigenvalue weighted by atomic mass is 32.2. The highest BCUT2D eigenvalue weighted by Gasteiger charge is 2.47. The number of nitrogens with one attached hydrogen (secondary N) is 2. The van der Waals surface area contributed by atoms with Gasteiger partial charge in [0.05, 0.1) is 5.54 Å². The Hall–Kier alpha value is -1.28. The maximum Gasteiger partial charge on any atom is 0.343 e. The van der Waals surface area contributed by atoms with Crippen molar-refractivity contribution >= 4 is 17.7 Å². The molecule has 2 atom stereocenters. The minimum atomic E-state index is -0.575. The second kappa shape index (κ2) is 4.92. The van der Waals surface area contributed by atoms with Crippen LogP contribution in [0.4, 0.5) is 0 Å². The van der Waals surface area contributed by atoms with Gasteiger partial charge in [0.15, 0.2) is 5.16 Å². The lowest BCUT2D eigenvalue weighted by Gasteiger charge is -2.27. The van der Waals surface area contributed by atoms with Crippen molar-refractivity contribution in [2.75, 3.05) is 0 Å². The third-order valence-corrected chi connectivity index (χ3v) is 5.42. The van der Waals surface area contributed by atoms with Crippen LogP contribution in [0.15, 0.2) is 9.95 Å². The molecule has 7 nitrogen and oxygen atoms in total. The molecule has 8 heteroatoms. The van der Waals surface area contributed by atoms with E-state index < -0.39 is 5.54 Å². The van der Waals surface area contributed by atoms with Gasteiger partial charge in [0, 0.05) is 18.3 Å². The van der Waals surface area contributed by atoms with E-state index >= 15 is 0 Å². The number of primary amides is 1. The van der Waals surface area contributed by atoms with Crippen molar-refractivity contribution in [1.29, 1.82) is 0 Å². The molecule has 2 unspecified atom stereocenters. The molecule has 20 heavy (non-hydrogen) atoms. The average Bonchev–Trinajstić information content (AvgIpc) is 3.04. The van der Waals surface area contributed by atoms with Crippen molar-refractivity contribution in [3.05, 3.63) is 10.5 Å². The van der Waals surface area contributed by atoms with Crippen LogP contribution < -0.4 is 16.7 Å². The van der Waals surface area contributed by atoms with Gasteiger partial charge in [0.2, 0.25) is 5.91 Å². The average molecular weight is 297 g/mol. The van der Waals surface area contributed by atoms with Crippen LogP contribution in [-0.2, 0) is 11.8 Å². The number of H-pyrrole nitrogens is 1. The third kappa shape index (κ3) is 2.49. The molecule has 1 aromatic heterocycles. The zero-order valence-corrected chi connectivity index (χ0v) is 12.2.